The lowest BCUT2D eigenvalue weighted by Gasteiger charge is -2.34. The molecule has 0 aromatic heterocycles. The molecule has 0 spiro atoms. The van der Waals surface area contributed by atoms with Gasteiger partial charge in [-0.15, -0.1) is 0 Å². The van der Waals surface area contributed by atoms with Crippen LogP contribution in [0.1, 0.15) is 18.1 Å². The van der Waals surface area contributed by atoms with Gasteiger partial charge in [0, 0.05) is 39.3 Å². The van der Waals surface area contributed by atoms with Gasteiger partial charge in [0.05, 0.1) is 0 Å². The molecular formula is C22H28N2. The molecule has 3 rings (SSSR count). The monoisotopic (exact) mass is 320 g/mol. The average Bonchev–Trinajstić information content (AvgIpc) is 2.63. The second-order valence-corrected chi connectivity index (χ2v) is 6.75. The van der Waals surface area contributed by atoms with Crippen molar-refractivity contribution in [3.05, 3.63) is 77.4 Å². The van der Waals surface area contributed by atoms with Crippen molar-refractivity contribution in [2.75, 3.05) is 39.3 Å². The van der Waals surface area contributed by atoms with Gasteiger partial charge in [-0.05, 0) is 24.5 Å². The maximum Gasteiger partial charge on any atom is 0.0194 e. The van der Waals surface area contributed by atoms with E-state index in [2.05, 4.69) is 83.5 Å². The predicted molar refractivity (Wildman–Crippen MR) is 103 cm³/mol. The molecule has 0 amide bonds. The first-order valence-electron chi connectivity index (χ1n) is 9.00. The molecule has 2 aromatic rings. The predicted octanol–water partition coefficient (Wildman–Crippen LogP) is 3.95. The van der Waals surface area contributed by atoms with Crippen LogP contribution in [0.5, 0.6) is 0 Å². The lowest BCUT2D eigenvalue weighted by Crippen LogP contribution is -2.47. The van der Waals surface area contributed by atoms with Gasteiger partial charge in [0.15, 0.2) is 0 Å². The molecule has 1 fully saturated rings. The Hall–Kier alpha value is -1.90. The summed E-state index contributed by atoms with van der Waals surface area (Å²) in [6, 6.07) is 21.4. The molecule has 0 N–H and O–H groups in total. The molecule has 0 aliphatic carbocycles. The van der Waals surface area contributed by atoms with E-state index in [1.165, 1.54) is 49.4 Å². The number of piperazine rings is 1. The third kappa shape index (κ3) is 5.33. The molecule has 1 aliphatic heterocycles. The topological polar surface area (TPSA) is 6.48 Å². The van der Waals surface area contributed by atoms with E-state index in [9.17, 15) is 0 Å². The summed E-state index contributed by atoms with van der Waals surface area (Å²) < 4.78 is 0. The van der Waals surface area contributed by atoms with Crippen LogP contribution in [0, 0.1) is 0 Å². The zero-order valence-electron chi connectivity index (χ0n) is 14.7. The van der Waals surface area contributed by atoms with Gasteiger partial charge >= 0.3 is 0 Å². The van der Waals surface area contributed by atoms with Crippen molar-refractivity contribution >= 4 is 6.08 Å². The van der Waals surface area contributed by atoms with Crippen LogP contribution in [-0.4, -0.2) is 49.1 Å². The van der Waals surface area contributed by atoms with Gasteiger partial charge in [0.25, 0.3) is 0 Å². The van der Waals surface area contributed by atoms with E-state index in [0.717, 1.165) is 13.0 Å². The Bertz CT molecular complexity index is 626. The Labute approximate surface area is 146 Å². The quantitative estimate of drug-likeness (QED) is 0.795. The number of nitrogens with zero attached hydrogens (tertiary/aromatic N) is 2. The molecule has 0 saturated carbocycles. The molecular weight excluding hydrogens is 292 g/mol. The second kappa shape index (κ2) is 8.81. The van der Waals surface area contributed by atoms with Crippen LogP contribution in [0.4, 0.5) is 0 Å². The molecule has 0 atom stereocenters. The van der Waals surface area contributed by atoms with Gasteiger partial charge in [0.2, 0.25) is 0 Å². The normalized spacial score (nSPS) is 17.1. The Morgan fingerprint density at radius 2 is 1.42 bits per heavy atom. The zero-order valence-corrected chi connectivity index (χ0v) is 14.7. The summed E-state index contributed by atoms with van der Waals surface area (Å²) in [5, 5.41) is 0. The molecule has 1 aliphatic rings. The zero-order chi connectivity index (χ0) is 16.6. The first-order chi connectivity index (χ1) is 11.8. The van der Waals surface area contributed by atoms with Crippen molar-refractivity contribution in [2.45, 2.75) is 13.3 Å². The minimum Gasteiger partial charge on any atom is -0.300 e. The maximum absolute atomic E-state index is 2.60. The van der Waals surface area contributed by atoms with E-state index in [-0.39, 0.29) is 0 Å². The van der Waals surface area contributed by atoms with Crippen LogP contribution in [0.25, 0.3) is 6.08 Å². The van der Waals surface area contributed by atoms with Crippen LogP contribution < -0.4 is 0 Å². The first kappa shape index (κ1) is 16.9. The summed E-state index contributed by atoms with van der Waals surface area (Å²) in [5.41, 5.74) is 4.19. The Morgan fingerprint density at radius 1 is 0.833 bits per heavy atom. The Morgan fingerprint density at radius 3 is 2.08 bits per heavy atom. The van der Waals surface area contributed by atoms with E-state index in [4.69, 9.17) is 0 Å². The van der Waals surface area contributed by atoms with Crippen LogP contribution in [0.3, 0.4) is 0 Å². The van der Waals surface area contributed by atoms with Crippen molar-refractivity contribution < 1.29 is 0 Å². The van der Waals surface area contributed by atoms with Crippen molar-refractivity contribution in [1.29, 1.82) is 0 Å². The highest BCUT2D eigenvalue weighted by Gasteiger charge is 2.16. The number of benzene rings is 2. The number of hydrogen-bond donors (Lipinski definition) is 0. The lowest BCUT2D eigenvalue weighted by atomic mass is 10.1. The highest BCUT2D eigenvalue weighted by molar-refractivity contribution is 5.52. The van der Waals surface area contributed by atoms with Gasteiger partial charge < -0.3 is 4.90 Å². The molecule has 0 unspecified atom stereocenters. The van der Waals surface area contributed by atoms with Crippen molar-refractivity contribution in [2.24, 2.45) is 0 Å². The third-order valence-electron chi connectivity index (χ3n) is 4.71. The third-order valence-corrected chi connectivity index (χ3v) is 4.71. The Kier molecular flexibility index (Phi) is 6.22. The lowest BCUT2D eigenvalue weighted by molar-refractivity contribution is 0.142. The minimum atomic E-state index is 1.08. The minimum absolute atomic E-state index is 1.08. The van der Waals surface area contributed by atoms with Crippen molar-refractivity contribution in [3.8, 4) is 0 Å². The molecule has 0 radical (unpaired) electrons. The first-order valence-corrected chi connectivity index (χ1v) is 9.00. The molecule has 1 heterocycles. The molecule has 1 saturated heterocycles. The Balaban J connectivity index is 1.41. The number of rotatable bonds is 6. The molecule has 0 bridgehead atoms. The highest BCUT2D eigenvalue weighted by Crippen LogP contribution is 2.10. The SMILES string of the molecule is C/C(=C\c1ccccc1)CN1CCN(CCc2ccccc2)CC1. The van der Waals surface area contributed by atoms with Gasteiger partial charge in [-0.3, -0.25) is 4.90 Å². The van der Waals surface area contributed by atoms with E-state index >= 15 is 0 Å². The smallest absolute Gasteiger partial charge is 0.0194 e. The van der Waals surface area contributed by atoms with Gasteiger partial charge in [-0.25, -0.2) is 0 Å². The summed E-state index contributed by atoms with van der Waals surface area (Å²) in [5.74, 6) is 0. The van der Waals surface area contributed by atoms with E-state index in [1.54, 1.807) is 0 Å². The molecule has 126 valence electrons. The standard InChI is InChI=1S/C22H28N2/c1-20(18-22-10-6-3-7-11-22)19-24-16-14-23(15-17-24)13-12-21-8-4-2-5-9-21/h2-11,18H,12-17,19H2,1H3/b20-18+. The summed E-state index contributed by atoms with van der Waals surface area (Å²) >= 11 is 0. The van der Waals surface area contributed by atoms with E-state index < -0.39 is 0 Å². The van der Waals surface area contributed by atoms with Crippen LogP contribution >= 0.6 is 0 Å². The van der Waals surface area contributed by atoms with Gasteiger partial charge in [-0.1, -0.05) is 72.3 Å². The van der Waals surface area contributed by atoms with E-state index in [0.29, 0.717) is 0 Å². The molecule has 24 heavy (non-hydrogen) atoms. The summed E-state index contributed by atoms with van der Waals surface area (Å²) in [6.45, 7) is 9.23. The highest BCUT2D eigenvalue weighted by atomic mass is 15.3. The average molecular weight is 320 g/mol. The fourth-order valence-electron chi connectivity index (χ4n) is 3.34. The van der Waals surface area contributed by atoms with Crippen molar-refractivity contribution in [3.63, 3.8) is 0 Å². The van der Waals surface area contributed by atoms with Gasteiger partial charge in [-0.2, -0.15) is 0 Å². The van der Waals surface area contributed by atoms with Crippen LogP contribution in [-0.2, 0) is 6.42 Å². The van der Waals surface area contributed by atoms with Gasteiger partial charge in [0.1, 0.15) is 0 Å². The molecule has 2 nitrogen and oxygen atoms in total. The largest absolute Gasteiger partial charge is 0.300 e. The number of hydrogen-bond acceptors (Lipinski definition) is 2. The molecule has 2 heteroatoms. The van der Waals surface area contributed by atoms with Crippen molar-refractivity contribution in [1.82, 2.24) is 9.80 Å². The second-order valence-electron chi connectivity index (χ2n) is 6.75. The summed E-state index contributed by atoms with van der Waals surface area (Å²) in [7, 11) is 0. The summed E-state index contributed by atoms with van der Waals surface area (Å²) in [4.78, 5) is 5.17. The maximum atomic E-state index is 2.60. The van der Waals surface area contributed by atoms with Crippen LogP contribution in [0.15, 0.2) is 66.2 Å². The fraction of sp³-hybridized carbons (Fsp3) is 0.364. The summed E-state index contributed by atoms with van der Waals surface area (Å²) in [6.07, 6.45) is 3.47. The molecule has 2 aromatic carbocycles. The van der Waals surface area contributed by atoms with E-state index in [1.807, 2.05) is 0 Å². The van der Waals surface area contributed by atoms with Crippen LogP contribution in [0.2, 0.25) is 0 Å². The fourth-order valence-corrected chi connectivity index (χ4v) is 3.34.